The molecule has 0 bridgehead atoms. The van der Waals surface area contributed by atoms with Crippen molar-refractivity contribution >= 4 is 20.4 Å². The van der Waals surface area contributed by atoms with Gasteiger partial charge >= 0.3 is 6.09 Å². The molecule has 110 valence electrons. The Balaban J connectivity index is 2.16. The third kappa shape index (κ3) is 6.71. The highest BCUT2D eigenvalue weighted by Crippen LogP contribution is 2.27. The van der Waals surface area contributed by atoms with Crippen LogP contribution in [0.5, 0.6) is 0 Å². The molecule has 0 aromatic rings. The molecule has 7 nitrogen and oxygen atoms in total. The lowest BCUT2D eigenvalue weighted by Crippen LogP contribution is -2.41. The SMILES string of the molecule is CC(NC(=O)CNC(=O)OC1CCCCC1)P(O)O. The average molecular weight is 292 g/mol. The number of alkyl carbamates (subject to hydrolysis) is 1. The predicted octanol–water partition coefficient (Wildman–Crippen LogP) is 0.804. The zero-order valence-corrected chi connectivity index (χ0v) is 11.9. The van der Waals surface area contributed by atoms with Crippen molar-refractivity contribution in [3.8, 4) is 0 Å². The van der Waals surface area contributed by atoms with Crippen LogP contribution in [-0.2, 0) is 9.53 Å². The molecule has 1 saturated carbocycles. The van der Waals surface area contributed by atoms with Crippen LogP contribution >= 0.6 is 8.38 Å². The van der Waals surface area contributed by atoms with Gasteiger partial charge < -0.3 is 25.2 Å². The van der Waals surface area contributed by atoms with Gasteiger partial charge in [-0.05, 0) is 32.6 Å². The molecule has 0 aliphatic heterocycles. The molecule has 0 spiro atoms. The number of nitrogens with one attached hydrogen (secondary N) is 2. The predicted molar refractivity (Wildman–Crippen MR) is 70.3 cm³/mol. The number of carbonyl (C=O) groups excluding carboxylic acids is 2. The fraction of sp³-hybridized carbons (Fsp3) is 0.818. The van der Waals surface area contributed by atoms with E-state index < -0.39 is 26.2 Å². The summed E-state index contributed by atoms with van der Waals surface area (Å²) in [5, 5.41) is 4.70. The molecule has 19 heavy (non-hydrogen) atoms. The second kappa shape index (κ2) is 8.30. The van der Waals surface area contributed by atoms with E-state index >= 15 is 0 Å². The molecule has 0 saturated heterocycles. The summed E-state index contributed by atoms with van der Waals surface area (Å²) >= 11 is 0. The molecule has 0 radical (unpaired) electrons. The molecule has 8 heteroatoms. The van der Waals surface area contributed by atoms with Crippen molar-refractivity contribution in [2.24, 2.45) is 0 Å². The summed E-state index contributed by atoms with van der Waals surface area (Å²) < 4.78 is 5.17. The first kappa shape index (κ1) is 16.1. The molecule has 1 fully saturated rings. The number of carbonyl (C=O) groups is 2. The molecular weight excluding hydrogens is 271 g/mol. The van der Waals surface area contributed by atoms with Gasteiger partial charge in [0.1, 0.15) is 12.6 Å². The lowest BCUT2D eigenvalue weighted by Gasteiger charge is -2.22. The molecule has 2 amide bonds. The van der Waals surface area contributed by atoms with Gasteiger partial charge in [-0.3, -0.25) is 4.79 Å². The van der Waals surface area contributed by atoms with Gasteiger partial charge in [-0.2, -0.15) is 0 Å². The Hall–Kier alpha value is -0.910. The minimum Gasteiger partial charge on any atom is -0.446 e. The van der Waals surface area contributed by atoms with Gasteiger partial charge in [0, 0.05) is 0 Å². The summed E-state index contributed by atoms with van der Waals surface area (Å²) in [6.07, 6.45) is 4.38. The van der Waals surface area contributed by atoms with Crippen molar-refractivity contribution < 1.29 is 24.1 Å². The topological polar surface area (TPSA) is 108 Å². The molecule has 1 rings (SSSR count). The summed E-state index contributed by atoms with van der Waals surface area (Å²) in [5.74, 6) is -1.21. The first-order chi connectivity index (χ1) is 8.99. The van der Waals surface area contributed by atoms with E-state index in [1.807, 2.05) is 0 Å². The Bertz CT molecular complexity index is 307. The van der Waals surface area contributed by atoms with Crippen LogP contribution in [0.25, 0.3) is 0 Å². The summed E-state index contributed by atoms with van der Waals surface area (Å²) in [4.78, 5) is 40.5. The van der Waals surface area contributed by atoms with E-state index in [2.05, 4.69) is 10.6 Å². The lowest BCUT2D eigenvalue weighted by atomic mass is 9.98. The zero-order chi connectivity index (χ0) is 14.3. The quantitative estimate of drug-likeness (QED) is 0.561. The van der Waals surface area contributed by atoms with Gasteiger partial charge in [-0.25, -0.2) is 4.79 Å². The van der Waals surface area contributed by atoms with Crippen LogP contribution in [0.15, 0.2) is 0 Å². The van der Waals surface area contributed by atoms with Crippen LogP contribution in [0, 0.1) is 0 Å². The van der Waals surface area contributed by atoms with Crippen molar-refractivity contribution in [2.75, 3.05) is 6.54 Å². The minimum atomic E-state index is -2.21. The van der Waals surface area contributed by atoms with Crippen LogP contribution in [0.2, 0.25) is 0 Å². The number of amides is 2. The maximum Gasteiger partial charge on any atom is 0.407 e. The Kier molecular flexibility index (Phi) is 7.05. The molecule has 0 heterocycles. The van der Waals surface area contributed by atoms with E-state index in [4.69, 9.17) is 14.5 Å². The van der Waals surface area contributed by atoms with E-state index in [1.54, 1.807) is 0 Å². The molecule has 1 atom stereocenters. The normalized spacial score (nSPS) is 17.9. The summed E-state index contributed by atoms with van der Waals surface area (Å²) in [6.45, 7) is 1.24. The standard InChI is InChI=1S/C11H21N2O5P/c1-8(19(16)17)13-10(14)7-12-11(15)18-9-5-3-2-4-6-9/h8-9,16-17H,2-7H2,1H3,(H,12,15)(H,13,14). The fourth-order valence-corrected chi connectivity index (χ4v) is 2.13. The molecule has 0 aromatic heterocycles. The molecular formula is C11H21N2O5P. The Morgan fingerprint density at radius 2 is 1.95 bits per heavy atom. The van der Waals surface area contributed by atoms with Gasteiger partial charge in [0.05, 0.1) is 5.78 Å². The highest BCUT2D eigenvalue weighted by Gasteiger charge is 2.19. The van der Waals surface area contributed by atoms with Crippen molar-refractivity contribution in [2.45, 2.75) is 50.9 Å². The second-order valence-electron chi connectivity index (χ2n) is 4.58. The third-order valence-electron chi connectivity index (χ3n) is 2.94. The van der Waals surface area contributed by atoms with E-state index in [0.717, 1.165) is 25.7 Å². The van der Waals surface area contributed by atoms with E-state index in [1.165, 1.54) is 13.3 Å². The van der Waals surface area contributed by atoms with Gasteiger partial charge in [0.25, 0.3) is 0 Å². The summed E-state index contributed by atoms with van der Waals surface area (Å²) in [5.41, 5.74) is 0. The fourth-order valence-electron chi connectivity index (χ4n) is 1.87. The molecule has 1 aliphatic carbocycles. The smallest absolute Gasteiger partial charge is 0.407 e. The third-order valence-corrected chi connectivity index (χ3v) is 3.76. The van der Waals surface area contributed by atoms with Crippen LogP contribution in [0.3, 0.4) is 0 Å². The lowest BCUT2D eigenvalue weighted by molar-refractivity contribution is -0.120. The van der Waals surface area contributed by atoms with Crippen LogP contribution in [0.1, 0.15) is 39.0 Å². The number of ether oxygens (including phenoxy) is 1. The van der Waals surface area contributed by atoms with Crippen molar-refractivity contribution in [3.63, 3.8) is 0 Å². The molecule has 4 N–H and O–H groups in total. The van der Waals surface area contributed by atoms with Gasteiger partial charge in [0.2, 0.25) is 5.91 Å². The van der Waals surface area contributed by atoms with Crippen LogP contribution in [-0.4, -0.2) is 40.2 Å². The van der Waals surface area contributed by atoms with Gasteiger partial charge in [0.15, 0.2) is 8.38 Å². The van der Waals surface area contributed by atoms with Gasteiger partial charge in [-0.15, -0.1) is 0 Å². The zero-order valence-electron chi connectivity index (χ0n) is 11.0. The largest absolute Gasteiger partial charge is 0.446 e. The van der Waals surface area contributed by atoms with E-state index in [-0.39, 0.29) is 12.6 Å². The summed E-state index contributed by atoms with van der Waals surface area (Å²) in [7, 11) is -2.21. The number of hydrogen-bond acceptors (Lipinski definition) is 5. The monoisotopic (exact) mass is 292 g/mol. The maximum atomic E-state index is 11.4. The first-order valence-electron chi connectivity index (χ1n) is 6.40. The first-order valence-corrected chi connectivity index (χ1v) is 7.71. The highest BCUT2D eigenvalue weighted by atomic mass is 31.2. The maximum absolute atomic E-state index is 11.4. The van der Waals surface area contributed by atoms with Gasteiger partial charge in [-0.1, -0.05) is 6.42 Å². The highest BCUT2D eigenvalue weighted by molar-refractivity contribution is 7.45. The van der Waals surface area contributed by atoms with Crippen molar-refractivity contribution in [3.05, 3.63) is 0 Å². The molecule has 1 aliphatic rings. The molecule has 1 unspecified atom stereocenters. The summed E-state index contributed by atoms with van der Waals surface area (Å²) in [6, 6.07) is 0. The van der Waals surface area contributed by atoms with Crippen LogP contribution < -0.4 is 10.6 Å². The number of hydrogen-bond donors (Lipinski definition) is 4. The Morgan fingerprint density at radius 3 is 2.53 bits per heavy atom. The van der Waals surface area contributed by atoms with Crippen molar-refractivity contribution in [1.29, 1.82) is 0 Å². The number of rotatable bonds is 5. The van der Waals surface area contributed by atoms with Crippen LogP contribution in [0.4, 0.5) is 4.79 Å². The van der Waals surface area contributed by atoms with E-state index in [9.17, 15) is 9.59 Å². The second-order valence-corrected chi connectivity index (χ2v) is 6.00. The molecule has 0 aromatic carbocycles. The van der Waals surface area contributed by atoms with E-state index in [0.29, 0.717) is 0 Å². The minimum absolute atomic E-state index is 0.0570. The van der Waals surface area contributed by atoms with Crippen molar-refractivity contribution in [1.82, 2.24) is 10.6 Å². The average Bonchev–Trinajstić information content (AvgIpc) is 2.37. The Morgan fingerprint density at radius 1 is 1.32 bits per heavy atom. The Labute approximate surface area is 113 Å².